The highest BCUT2D eigenvalue weighted by Crippen LogP contribution is 2.37. The number of morpholine rings is 1. The molecule has 1 aromatic rings. The van der Waals surface area contributed by atoms with Crippen LogP contribution >= 0.6 is 0 Å². The molecule has 3 atom stereocenters. The maximum atomic E-state index is 10.3. The molecular formula is C18H25NO4. The lowest BCUT2D eigenvalue weighted by molar-refractivity contribution is -0.0539. The molecule has 0 spiro atoms. The number of para-hydroxylation sites is 1. The predicted octanol–water partition coefficient (Wildman–Crippen LogP) is 1.82. The van der Waals surface area contributed by atoms with E-state index in [4.69, 9.17) is 14.2 Å². The highest BCUT2D eigenvalue weighted by molar-refractivity contribution is 5.47. The third-order valence-electron chi connectivity index (χ3n) is 5.33. The number of rotatable bonds is 3. The standard InChI is InChI=1S/C18H25NO4/c20-16-5-2-4-14(16)15-12-21-8-7-19(15)11-13-3-1-6-17-18(13)23-10-9-22-17/h1,3,6,14-16,20H,2,4-5,7-12H2. The third-order valence-corrected chi connectivity index (χ3v) is 5.33. The van der Waals surface area contributed by atoms with Gasteiger partial charge in [-0.05, 0) is 18.9 Å². The normalized spacial score (nSPS) is 31.3. The Kier molecular flexibility index (Phi) is 4.42. The smallest absolute Gasteiger partial charge is 0.165 e. The highest BCUT2D eigenvalue weighted by Gasteiger charge is 2.37. The van der Waals surface area contributed by atoms with Crippen LogP contribution in [-0.2, 0) is 11.3 Å². The maximum absolute atomic E-state index is 10.3. The van der Waals surface area contributed by atoms with Crippen molar-refractivity contribution < 1.29 is 19.3 Å². The molecule has 3 aliphatic rings. The Bertz CT molecular complexity index is 550. The molecule has 0 radical (unpaired) electrons. The van der Waals surface area contributed by atoms with Gasteiger partial charge >= 0.3 is 0 Å². The second kappa shape index (κ2) is 6.67. The molecule has 5 nitrogen and oxygen atoms in total. The van der Waals surface area contributed by atoms with Gasteiger partial charge in [0.05, 0.1) is 19.3 Å². The van der Waals surface area contributed by atoms with Crippen molar-refractivity contribution in [2.24, 2.45) is 5.92 Å². The number of aliphatic hydroxyl groups is 1. The molecule has 5 heteroatoms. The van der Waals surface area contributed by atoms with Crippen molar-refractivity contribution in [2.45, 2.75) is 38.0 Å². The lowest BCUT2D eigenvalue weighted by Gasteiger charge is -2.40. The molecule has 1 aliphatic carbocycles. The van der Waals surface area contributed by atoms with E-state index < -0.39 is 0 Å². The monoisotopic (exact) mass is 319 g/mol. The zero-order valence-electron chi connectivity index (χ0n) is 13.4. The fourth-order valence-corrected chi connectivity index (χ4v) is 4.14. The van der Waals surface area contributed by atoms with Gasteiger partial charge in [-0.3, -0.25) is 4.90 Å². The first-order valence-corrected chi connectivity index (χ1v) is 8.70. The molecule has 3 unspecified atom stereocenters. The molecule has 2 heterocycles. The van der Waals surface area contributed by atoms with Crippen LogP contribution in [0.25, 0.3) is 0 Å². The molecule has 1 saturated carbocycles. The second-order valence-electron chi connectivity index (χ2n) is 6.72. The Morgan fingerprint density at radius 3 is 2.91 bits per heavy atom. The number of hydrogen-bond donors (Lipinski definition) is 1. The van der Waals surface area contributed by atoms with E-state index in [0.717, 1.165) is 50.5 Å². The molecule has 126 valence electrons. The van der Waals surface area contributed by atoms with Gasteiger partial charge in [0.2, 0.25) is 0 Å². The van der Waals surface area contributed by atoms with Crippen LogP contribution in [0.4, 0.5) is 0 Å². The number of benzene rings is 1. The molecule has 0 amide bonds. The lowest BCUT2D eigenvalue weighted by atomic mass is 9.94. The van der Waals surface area contributed by atoms with Crippen molar-refractivity contribution >= 4 is 0 Å². The number of nitrogens with zero attached hydrogens (tertiary/aromatic N) is 1. The van der Waals surface area contributed by atoms with Crippen molar-refractivity contribution in [3.63, 3.8) is 0 Å². The minimum atomic E-state index is -0.187. The molecule has 2 fully saturated rings. The summed E-state index contributed by atoms with van der Waals surface area (Å²) in [7, 11) is 0. The van der Waals surface area contributed by atoms with Crippen molar-refractivity contribution in [3.05, 3.63) is 23.8 Å². The Balaban J connectivity index is 1.54. The topological polar surface area (TPSA) is 51.2 Å². The minimum absolute atomic E-state index is 0.187. The number of aliphatic hydroxyl groups excluding tert-OH is 1. The van der Waals surface area contributed by atoms with E-state index in [1.54, 1.807) is 0 Å². The molecule has 1 N–H and O–H groups in total. The summed E-state index contributed by atoms with van der Waals surface area (Å²) in [6, 6.07) is 6.41. The Labute approximate surface area is 137 Å². The van der Waals surface area contributed by atoms with Gasteiger partial charge in [0, 0.05) is 30.6 Å². The van der Waals surface area contributed by atoms with Crippen LogP contribution in [0.1, 0.15) is 24.8 Å². The summed E-state index contributed by atoms with van der Waals surface area (Å²) >= 11 is 0. The molecule has 1 saturated heterocycles. The van der Waals surface area contributed by atoms with Gasteiger partial charge in [-0.1, -0.05) is 18.6 Å². The van der Waals surface area contributed by atoms with Gasteiger partial charge in [0.15, 0.2) is 11.5 Å². The van der Waals surface area contributed by atoms with Crippen molar-refractivity contribution in [2.75, 3.05) is 33.0 Å². The average molecular weight is 319 g/mol. The minimum Gasteiger partial charge on any atom is -0.486 e. The quantitative estimate of drug-likeness (QED) is 0.921. The van der Waals surface area contributed by atoms with Crippen LogP contribution in [0.3, 0.4) is 0 Å². The summed E-state index contributed by atoms with van der Waals surface area (Å²) < 4.78 is 17.2. The molecular weight excluding hydrogens is 294 g/mol. The molecule has 23 heavy (non-hydrogen) atoms. The fourth-order valence-electron chi connectivity index (χ4n) is 4.14. The number of fused-ring (bicyclic) bond motifs is 1. The van der Waals surface area contributed by atoms with E-state index in [0.29, 0.717) is 31.8 Å². The van der Waals surface area contributed by atoms with Crippen LogP contribution in [-0.4, -0.2) is 55.1 Å². The summed E-state index contributed by atoms with van der Waals surface area (Å²) in [6.45, 7) is 4.42. The van der Waals surface area contributed by atoms with E-state index in [1.165, 1.54) is 5.56 Å². The van der Waals surface area contributed by atoms with E-state index in [9.17, 15) is 5.11 Å². The summed E-state index contributed by atoms with van der Waals surface area (Å²) in [4.78, 5) is 2.45. The summed E-state index contributed by atoms with van der Waals surface area (Å²) in [5.41, 5.74) is 1.17. The first-order valence-electron chi connectivity index (χ1n) is 8.70. The number of hydrogen-bond acceptors (Lipinski definition) is 5. The zero-order chi connectivity index (χ0) is 15.6. The lowest BCUT2D eigenvalue weighted by Crippen LogP contribution is -2.50. The predicted molar refractivity (Wildman–Crippen MR) is 85.8 cm³/mol. The molecule has 1 aromatic carbocycles. The van der Waals surface area contributed by atoms with Gasteiger partial charge in [0.25, 0.3) is 0 Å². The van der Waals surface area contributed by atoms with E-state index in [-0.39, 0.29) is 6.10 Å². The SMILES string of the molecule is OC1CCCC1C1COCCN1Cc1cccc2c1OCCO2. The van der Waals surface area contributed by atoms with Crippen LogP contribution < -0.4 is 9.47 Å². The first-order chi connectivity index (χ1) is 11.3. The number of ether oxygens (including phenoxy) is 3. The highest BCUT2D eigenvalue weighted by atomic mass is 16.6. The Hall–Kier alpha value is -1.30. The molecule has 4 rings (SSSR count). The average Bonchev–Trinajstić information content (AvgIpc) is 3.02. The van der Waals surface area contributed by atoms with Crippen LogP contribution in [0.5, 0.6) is 11.5 Å². The van der Waals surface area contributed by atoms with E-state index in [1.807, 2.05) is 12.1 Å². The second-order valence-corrected chi connectivity index (χ2v) is 6.72. The Morgan fingerprint density at radius 1 is 1.13 bits per heavy atom. The van der Waals surface area contributed by atoms with Crippen molar-refractivity contribution in [3.8, 4) is 11.5 Å². The van der Waals surface area contributed by atoms with Crippen LogP contribution in [0.15, 0.2) is 18.2 Å². The van der Waals surface area contributed by atoms with Gasteiger partial charge in [-0.2, -0.15) is 0 Å². The first kappa shape index (κ1) is 15.2. The van der Waals surface area contributed by atoms with Crippen molar-refractivity contribution in [1.82, 2.24) is 4.90 Å². The van der Waals surface area contributed by atoms with Gasteiger partial charge < -0.3 is 19.3 Å². The summed E-state index contributed by atoms with van der Waals surface area (Å²) in [6.07, 6.45) is 2.95. The van der Waals surface area contributed by atoms with E-state index in [2.05, 4.69) is 11.0 Å². The zero-order valence-corrected chi connectivity index (χ0v) is 13.4. The molecule has 2 aliphatic heterocycles. The Morgan fingerprint density at radius 2 is 2.04 bits per heavy atom. The van der Waals surface area contributed by atoms with Gasteiger partial charge in [-0.25, -0.2) is 0 Å². The maximum Gasteiger partial charge on any atom is 0.165 e. The van der Waals surface area contributed by atoms with Crippen LogP contribution in [0.2, 0.25) is 0 Å². The fraction of sp³-hybridized carbons (Fsp3) is 0.667. The molecule has 0 bridgehead atoms. The van der Waals surface area contributed by atoms with Gasteiger partial charge in [-0.15, -0.1) is 0 Å². The summed E-state index contributed by atoms with van der Waals surface area (Å²) in [5.74, 6) is 2.06. The summed E-state index contributed by atoms with van der Waals surface area (Å²) in [5, 5.41) is 10.3. The van der Waals surface area contributed by atoms with Crippen molar-refractivity contribution in [1.29, 1.82) is 0 Å². The van der Waals surface area contributed by atoms with Gasteiger partial charge in [0.1, 0.15) is 13.2 Å². The largest absolute Gasteiger partial charge is 0.486 e. The molecule has 0 aromatic heterocycles. The van der Waals surface area contributed by atoms with E-state index >= 15 is 0 Å². The van der Waals surface area contributed by atoms with Crippen LogP contribution in [0, 0.1) is 5.92 Å². The third kappa shape index (κ3) is 3.05.